The van der Waals surface area contributed by atoms with E-state index in [1.165, 1.54) is 5.56 Å². The first-order chi connectivity index (χ1) is 13.2. The smallest absolute Gasteiger partial charge is 0.410 e. The molecule has 0 bridgehead atoms. The van der Waals surface area contributed by atoms with E-state index in [0.717, 1.165) is 44.2 Å². The van der Waals surface area contributed by atoms with E-state index in [9.17, 15) is 4.79 Å². The molecule has 1 aromatic carbocycles. The predicted octanol–water partition coefficient (Wildman–Crippen LogP) is 4.67. The molecule has 5 nitrogen and oxygen atoms in total. The lowest BCUT2D eigenvalue weighted by Crippen LogP contribution is -2.51. The van der Waals surface area contributed by atoms with Gasteiger partial charge in [0.25, 0.3) is 0 Å². The van der Waals surface area contributed by atoms with Crippen LogP contribution in [0.25, 0.3) is 0 Å². The maximum Gasteiger partial charge on any atom is 0.410 e. The maximum atomic E-state index is 12.4. The molecule has 1 saturated heterocycles. The molecule has 1 atom stereocenters. The first kappa shape index (κ1) is 23.0. The second-order valence-corrected chi connectivity index (χ2v) is 8.82. The lowest BCUT2D eigenvalue weighted by molar-refractivity contribution is 0.00924. The van der Waals surface area contributed by atoms with Crippen LogP contribution in [0.15, 0.2) is 24.3 Å². The van der Waals surface area contributed by atoms with Crippen molar-refractivity contribution in [1.29, 1.82) is 0 Å². The van der Waals surface area contributed by atoms with Crippen molar-refractivity contribution in [2.45, 2.75) is 52.7 Å². The number of nitrogens with zero attached hydrogens (tertiary/aromatic N) is 3. The summed E-state index contributed by atoms with van der Waals surface area (Å²) in [6.45, 7) is 16.4. The van der Waals surface area contributed by atoms with Crippen LogP contribution >= 0.6 is 11.6 Å². The molecule has 0 N–H and O–H groups in total. The molecule has 2 rings (SSSR count). The summed E-state index contributed by atoms with van der Waals surface area (Å²) >= 11 is 6.10. The van der Waals surface area contributed by atoms with E-state index in [1.54, 1.807) is 0 Å². The van der Waals surface area contributed by atoms with Crippen molar-refractivity contribution in [3.63, 3.8) is 0 Å². The van der Waals surface area contributed by atoms with Gasteiger partial charge in [0.15, 0.2) is 0 Å². The fraction of sp³-hybridized carbons (Fsp3) is 0.682. The van der Waals surface area contributed by atoms with Crippen LogP contribution in [0.1, 0.15) is 52.6 Å². The van der Waals surface area contributed by atoms with Gasteiger partial charge in [-0.3, -0.25) is 4.90 Å². The summed E-state index contributed by atoms with van der Waals surface area (Å²) in [7, 11) is 0. The normalized spacial score (nSPS) is 17.0. The third kappa shape index (κ3) is 6.94. The number of halogens is 1. The van der Waals surface area contributed by atoms with Crippen molar-refractivity contribution in [3.05, 3.63) is 34.9 Å². The highest BCUT2D eigenvalue weighted by atomic mass is 35.5. The van der Waals surface area contributed by atoms with Crippen molar-refractivity contribution in [2.75, 3.05) is 45.8 Å². The lowest BCUT2D eigenvalue weighted by Gasteiger charge is -2.40. The van der Waals surface area contributed by atoms with Crippen LogP contribution in [0, 0.1) is 0 Å². The topological polar surface area (TPSA) is 36.0 Å². The number of ether oxygens (including phenoxy) is 1. The Kier molecular flexibility index (Phi) is 8.59. The number of carbonyl (C=O) groups excluding carboxylic acids is 1. The number of carbonyl (C=O) groups is 1. The molecule has 0 radical (unpaired) electrons. The third-order valence-electron chi connectivity index (χ3n) is 5.27. The Morgan fingerprint density at radius 2 is 1.68 bits per heavy atom. The molecule has 1 unspecified atom stereocenters. The predicted molar refractivity (Wildman–Crippen MR) is 116 cm³/mol. The molecule has 0 aliphatic carbocycles. The van der Waals surface area contributed by atoms with E-state index < -0.39 is 5.60 Å². The van der Waals surface area contributed by atoms with Crippen LogP contribution in [-0.2, 0) is 4.74 Å². The van der Waals surface area contributed by atoms with Gasteiger partial charge >= 0.3 is 6.09 Å². The summed E-state index contributed by atoms with van der Waals surface area (Å²) in [4.78, 5) is 19.1. The summed E-state index contributed by atoms with van der Waals surface area (Å²) < 4.78 is 5.53. The highest BCUT2D eigenvalue weighted by molar-refractivity contribution is 6.30. The summed E-state index contributed by atoms with van der Waals surface area (Å²) in [5.41, 5.74) is 0.839. The standard InChI is InChI=1S/C22H36ClN3O2/c1-6-24(7-2)13-12-20(18-8-10-19(23)11-9-18)25-14-16-26(17-15-25)21(27)28-22(3,4)5/h8-11,20H,6-7,12-17H2,1-5H3. The number of hydrogen-bond acceptors (Lipinski definition) is 4. The van der Waals surface area contributed by atoms with Crippen molar-refractivity contribution in [3.8, 4) is 0 Å². The molecule has 1 heterocycles. The Hall–Kier alpha value is -1.30. The van der Waals surface area contributed by atoms with Gasteiger partial charge in [-0.25, -0.2) is 4.79 Å². The Bertz CT molecular complexity index is 603. The molecule has 1 amide bonds. The molecule has 1 aromatic rings. The van der Waals surface area contributed by atoms with Crippen LogP contribution in [-0.4, -0.2) is 72.2 Å². The van der Waals surface area contributed by atoms with E-state index in [0.29, 0.717) is 19.1 Å². The van der Waals surface area contributed by atoms with Crippen molar-refractivity contribution in [1.82, 2.24) is 14.7 Å². The van der Waals surface area contributed by atoms with Gasteiger partial charge in [-0.2, -0.15) is 0 Å². The van der Waals surface area contributed by atoms with Crippen LogP contribution in [0.3, 0.4) is 0 Å². The van der Waals surface area contributed by atoms with E-state index in [4.69, 9.17) is 16.3 Å². The number of amides is 1. The number of benzene rings is 1. The molecule has 28 heavy (non-hydrogen) atoms. The fourth-order valence-corrected chi connectivity index (χ4v) is 3.76. The van der Waals surface area contributed by atoms with Gasteiger partial charge in [0.2, 0.25) is 0 Å². The van der Waals surface area contributed by atoms with E-state index in [1.807, 2.05) is 37.8 Å². The van der Waals surface area contributed by atoms with E-state index >= 15 is 0 Å². The molecule has 1 aliphatic rings. The highest BCUT2D eigenvalue weighted by Gasteiger charge is 2.29. The van der Waals surface area contributed by atoms with Gasteiger partial charge in [-0.05, 0) is 64.5 Å². The third-order valence-corrected chi connectivity index (χ3v) is 5.53. The first-order valence-electron chi connectivity index (χ1n) is 10.4. The van der Waals surface area contributed by atoms with Gasteiger partial charge in [0, 0.05) is 37.2 Å². The number of piperazine rings is 1. The fourth-order valence-electron chi connectivity index (χ4n) is 3.63. The van der Waals surface area contributed by atoms with Crippen LogP contribution in [0.4, 0.5) is 4.79 Å². The number of hydrogen-bond donors (Lipinski definition) is 0. The second kappa shape index (κ2) is 10.5. The average Bonchev–Trinajstić information content (AvgIpc) is 2.65. The monoisotopic (exact) mass is 409 g/mol. The van der Waals surface area contributed by atoms with Crippen LogP contribution < -0.4 is 0 Å². The summed E-state index contributed by atoms with van der Waals surface area (Å²) in [6, 6.07) is 8.54. The van der Waals surface area contributed by atoms with Gasteiger partial charge < -0.3 is 14.5 Å². The molecule has 0 spiro atoms. The molecule has 1 fully saturated rings. The summed E-state index contributed by atoms with van der Waals surface area (Å²) in [5, 5.41) is 0.765. The molecule has 0 aromatic heterocycles. The van der Waals surface area contributed by atoms with Crippen molar-refractivity contribution in [2.24, 2.45) is 0 Å². The first-order valence-corrected chi connectivity index (χ1v) is 10.8. The van der Waals surface area contributed by atoms with Gasteiger partial charge in [-0.15, -0.1) is 0 Å². The maximum absolute atomic E-state index is 12.4. The minimum atomic E-state index is -0.455. The second-order valence-electron chi connectivity index (χ2n) is 8.39. The van der Waals surface area contributed by atoms with E-state index in [-0.39, 0.29) is 6.09 Å². The zero-order valence-electron chi connectivity index (χ0n) is 18.1. The number of rotatable bonds is 7. The summed E-state index contributed by atoms with van der Waals surface area (Å²) in [6.07, 6.45) is 0.855. The highest BCUT2D eigenvalue weighted by Crippen LogP contribution is 2.27. The van der Waals surface area contributed by atoms with Gasteiger partial charge in [-0.1, -0.05) is 37.6 Å². The van der Waals surface area contributed by atoms with Crippen LogP contribution in [0.5, 0.6) is 0 Å². The lowest BCUT2D eigenvalue weighted by atomic mass is 10.0. The molecule has 158 valence electrons. The molecule has 6 heteroatoms. The Morgan fingerprint density at radius 1 is 1.11 bits per heavy atom. The minimum Gasteiger partial charge on any atom is -0.444 e. The van der Waals surface area contributed by atoms with E-state index in [2.05, 4.69) is 35.8 Å². The zero-order chi connectivity index (χ0) is 20.7. The molecule has 1 aliphatic heterocycles. The zero-order valence-corrected chi connectivity index (χ0v) is 18.8. The van der Waals surface area contributed by atoms with Crippen molar-refractivity contribution >= 4 is 17.7 Å². The molecular formula is C22H36ClN3O2. The Labute approximate surface area is 175 Å². The van der Waals surface area contributed by atoms with Gasteiger partial charge in [0.1, 0.15) is 5.60 Å². The largest absolute Gasteiger partial charge is 0.444 e. The average molecular weight is 410 g/mol. The summed E-state index contributed by atoms with van der Waals surface area (Å²) in [5.74, 6) is 0. The van der Waals surface area contributed by atoms with Crippen molar-refractivity contribution < 1.29 is 9.53 Å². The quantitative estimate of drug-likeness (QED) is 0.655. The van der Waals surface area contributed by atoms with Crippen LogP contribution in [0.2, 0.25) is 5.02 Å². The molecular weight excluding hydrogens is 374 g/mol. The minimum absolute atomic E-state index is 0.210. The SMILES string of the molecule is CCN(CC)CCC(c1ccc(Cl)cc1)N1CCN(C(=O)OC(C)(C)C)CC1. The Balaban J connectivity index is 2.03. The Morgan fingerprint density at radius 3 is 2.18 bits per heavy atom. The molecule has 0 saturated carbocycles. The van der Waals surface area contributed by atoms with Gasteiger partial charge in [0.05, 0.1) is 0 Å².